The van der Waals surface area contributed by atoms with E-state index in [0.29, 0.717) is 48.7 Å². The summed E-state index contributed by atoms with van der Waals surface area (Å²) in [7, 11) is 2.09. The second-order valence-corrected chi connectivity index (χ2v) is 11.2. The Labute approximate surface area is 229 Å². The van der Waals surface area contributed by atoms with Crippen molar-refractivity contribution >= 4 is 35.0 Å². The SMILES string of the molecule is CN1CCCC1COc1cc(NC(=O)Cc2ccc(C3=CCN(C(=O)OC(C)(C)C)CC3)nc2)ncc1Cl. The van der Waals surface area contributed by atoms with Crippen molar-refractivity contribution in [2.45, 2.75) is 58.1 Å². The maximum Gasteiger partial charge on any atom is 0.410 e. The van der Waals surface area contributed by atoms with Crippen molar-refractivity contribution in [3.8, 4) is 5.75 Å². The van der Waals surface area contributed by atoms with Gasteiger partial charge in [-0.25, -0.2) is 9.78 Å². The zero-order valence-electron chi connectivity index (χ0n) is 22.5. The van der Waals surface area contributed by atoms with Gasteiger partial charge in [0.2, 0.25) is 5.91 Å². The van der Waals surface area contributed by atoms with Gasteiger partial charge in [0.25, 0.3) is 0 Å². The number of rotatable bonds is 7. The highest BCUT2D eigenvalue weighted by atomic mass is 35.5. The summed E-state index contributed by atoms with van der Waals surface area (Å²) in [6.45, 7) is 8.24. The van der Waals surface area contributed by atoms with E-state index in [1.807, 2.05) is 39.0 Å². The van der Waals surface area contributed by atoms with Crippen LogP contribution in [0, 0.1) is 0 Å². The Hall–Kier alpha value is -3.17. The minimum absolute atomic E-state index is 0.159. The lowest BCUT2D eigenvalue weighted by Gasteiger charge is -2.29. The van der Waals surface area contributed by atoms with E-state index in [2.05, 4.69) is 27.2 Å². The van der Waals surface area contributed by atoms with Crippen molar-refractivity contribution in [1.82, 2.24) is 19.8 Å². The Morgan fingerprint density at radius 2 is 2.00 bits per heavy atom. The highest BCUT2D eigenvalue weighted by Crippen LogP contribution is 2.27. The Morgan fingerprint density at radius 1 is 1.18 bits per heavy atom. The van der Waals surface area contributed by atoms with Gasteiger partial charge in [0.1, 0.15) is 28.8 Å². The predicted octanol–water partition coefficient (Wildman–Crippen LogP) is 4.81. The molecule has 1 saturated heterocycles. The number of carbonyl (C=O) groups is 2. The molecule has 9 nitrogen and oxygen atoms in total. The van der Waals surface area contributed by atoms with Gasteiger partial charge < -0.3 is 24.6 Å². The lowest BCUT2D eigenvalue weighted by molar-refractivity contribution is -0.115. The first kappa shape index (κ1) is 27.9. The largest absolute Gasteiger partial charge is 0.490 e. The molecular weight excluding hydrogens is 506 g/mol. The van der Waals surface area contributed by atoms with E-state index in [4.69, 9.17) is 21.1 Å². The van der Waals surface area contributed by atoms with Gasteiger partial charge >= 0.3 is 6.09 Å². The van der Waals surface area contributed by atoms with E-state index in [-0.39, 0.29) is 18.4 Å². The molecule has 1 unspecified atom stereocenters. The number of nitrogens with zero attached hydrogens (tertiary/aromatic N) is 4. The number of amides is 2. The van der Waals surface area contributed by atoms with Gasteiger partial charge in [-0.3, -0.25) is 9.78 Å². The van der Waals surface area contributed by atoms with Gasteiger partial charge in [-0.15, -0.1) is 0 Å². The molecular formula is C28H36ClN5O4. The summed E-state index contributed by atoms with van der Waals surface area (Å²) in [4.78, 5) is 37.6. The van der Waals surface area contributed by atoms with E-state index in [0.717, 1.165) is 36.2 Å². The van der Waals surface area contributed by atoms with Gasteiger partial charge in [-0.1, -0.05) is 23.7 Å². The van der Waals surface area contributed by atoms with E-state index in [1.54, 1.807) is 17.2 Å². The highest BCUT2D eigenvalue weighted by Gasteiger charge is 2.24. The van der Waals surface area contributed by atoms with Gasteiger partial charge in [0.15, 0.2) is 0 Å². The normalized spacial score (nSPS) is 18.2. The van der Waals surface area contributed by atoms with Crippen LogP contribution in [0.3, 0.4) is 0 Å². The molecule has 10 heteroatoms. The minimum Gasteiger partial charge on any atom is -0.490 e. The molecule has 2 amide bonds. The third-order valence-corrected chi connectivity index (χ3v) is 6.85. The maximum absolute atomic E-state index is 12.7. The molecule has 1 N–H and O–H groups in total. The van der Waals surface area contributed by atoms with Crippen LogP contribution in [-0.4, -0.2) is 76.7 Å². The summed E-state index contributed by atoms with van der Waals surface area (Å²) in [6.07, 6.45) is 7.99. The quantitative estimate of drug-likeness (QED) is 0.537. The van der Waals surface area contributed by atoms with Crippen LogP contribution >= 0.6 is 11.6 Å². The van der Waals surface area contributed by atoms with Crippen LogP contribution in [0.2, 0.25) is 5.02 Å². The lowest BCUT2D eigenvalue weighted by atomic mass is 10.0. The fraction of sp³-hybridized carbons (Fsp3) is 0.500. The number of hydrogen-bond acceptors (Lipinski definition) is 7. The first-order chi connectivity index (χ1) is 18.1. The molecule has 2 aromatic rings. The summed E-state index contributed by atoms with van der Waals surface area (Å²) in [5.41, 5.74) is 2.18. The molecule has 4 heterocycles. The number of likely N-dealkylation sites (N-methyl/N-ethyl adjacent to an activating group) is 1. The molecule has 0 aromatic carbocycles. The summed E-state index contributed by atoms with van der Waals surface area (Å²) >= 11 is 6.26. The van der Waals surface area contributed by atoms with E-state index in [1.165, 1.54) is 6.20 Å². The van der Waals surface area contributed by atoms with Crippen molar-refractivity contribution in [2.75, 3.05) is 38.6 Å². The summed E-state index contributed by atoms with van der Waals surface area (Å²) in [6, 6.07) is 5.82. The Kier molecular flexibility index (Phi) is 8.89. The number of pyridine rings is 2. The Morgan fingerprint density at radius 3 is 2.63 bits per heavy atom. The number of anilines is 1. The number of likely N-dealkylation sites (tertiary alicyclic amines) is 1. The standard InChI is InChI=1S/C28H36ClN5O4/c1-28(2,3)38-27(36)34-12-9-20(10-13-34)23-8-7-19(16-30-23)14-26(35)32-25-15-24(22(29)17-31-25)37-18-21-6-5-11-33(21)4/h7-9,15-17,21H,5-6,10-14,18H2,1-4H3,(H,31,32,35). The van der Waals surface area contributed by atoms with Gasteiger partial charge in [-0.2, -0.15) is 0 Å². The Balaban J connectivity index is 1.29. The second-order valence-electron chi connectivity index (χ2n) is 10.8. The molecule has 4 rings (SSSR count). The molecule has 1 fully saturated rings. The second kappa shape index (κ2) is 12.1. The minimum atomic E-state index is -0.517. The zero-order chi connectivity index (χ0) is 27.3. The number of ether oxygens (including phenoxy) is 2. The zero-order valence-corrected chi connectivity index (χ0v) is 23.3. The smallest absolute Gasteiger partial charge is 0.410 e. The Bertz CT molecular complexity index is 1180. The van der Waals surface area contributed by atoms with E-state index >= 15 is 0 Å². The van der Waals surface area contributed by atoms with Gasteiger partial charge in [0.05, 0.1) is 18.3 Å². The number of hydrogen-bond donors (Lipinski definition) is 1. The monoisotopic (exact) mass is 541 g/mol. The van der Waals surface area contributed by atoms with Crippen LogP contribution in [0.4, 0.5) is 10.6 Å². The summed E-state index contributed by atoms with van der Waals surface area (Å²) < 4.78 is 11.4. The number of aromatic nitrogens is 2. The first-order valence-electron chi connectivity index (χ1n) is 13.0. The van der Waals surface area contributed by atoms with Crippen molar-refractivity contribution < 1.29 is 19.1 Å². The molecule has 0 radical (unpaired) electrons. The average Bonchev–Trinajstić information content (AvgIpc) is 3.28. The summed E-state index contributed by atoms with van der Waals surface area (Å²) in [5.74, 6) is 0.690. The first-order valence-corrected chi connectivity index (χ1v) is 13.4. The molecule has 0 saturated carbocycles. The number of nitrogens with one attached hydrogen (secondary N) is 1. The van der Waals surface area contributed by atoms with Crippen LogP contribution in [0.5, 0.6) is 5.75 Å². The fourth-order valence-electron chi connectivity index (χ4n) is 4.46. The van der Waals surface area contributed by atoms with Crippen molar-refractivity contribution in [2.24, 2.45) is 0 Å². The molecule has 38 heavy (non-hydrogen) atoms. The maximum atomic E-state index is 12.7. The topological polar surface area (TPSA) is 96.9 Å². The average molecular weight is 542 g/mol. The molecule has 0 spiro atoms. The van der Waals surface area contributed by atoms with Crippen LogP contribution in [0.1, 0.15) is 51.3 Å². The van der Waals surface area contributed by atoms with Crippen molar-refractivity contribution in [3.63, 3.8) is 0 Å². The van der Waals surface area contributed by atoms with Crippen LogP contribution in [0.15, 0.2) is 36.7 Å². The van der Waals surface area contributed by atoms with Crippen LogP contribution < -0.4 is 10.1 Å². The van der Waals surface area contributed by atoms with Crippen LogP contribution in [-0.2, 0) is 16.0 Å². The molecule has 0 aliphatic carbocycles. The number of carbonyl (C=O) groups excluding carboxylic acids is 2. The molecule has 204 valence electrons. The molecule has 2 aliphatic rings. The molecule has 2 aliphatic heterocycles. The summed E-state index contributed by atoms with van der Waals surface area (Å²) in [5, 5.41) is 3.23. The third-order valence-electron chi connectivity index (χ3n) is 6.57. The fourth-order valence-corrected chi connectivity index (χ4v) is 4.62. The third kappa shape index (κ3) is 7.68. The van der Waals surface area contributed by atoms with Gasteiger partial charge in [0, 0.05) is 31.4 Å². The highest BCUT2D eigenvalue weighted by molar-refractivity contribution is 6.32. The molecule has 0 bridgehead atoms. The van der Waals surface area contributed by atoms with Crippen LogP contribution in [0.25, 0.3) is 5.57 Å². The van der Waals surface area contributed by atoms with Crippen molar-refractivity contribution in [3.05, 3.63) is 52.9 Å². The molecule has 1 atom stereocenters. The van der Waals surface area contributed by atoms with E-state index in [9.17, 15) is 9.59 Å². The van der Waals surface area contributed by atoms with E-state index < -0.39 is 5.60 Å². The molecule has 2 aromatic heterocycles. The lowest BCUT2D eigenvalue weighted by Crippen LogP contribution is -2.39. The van der Waals surface area contributed by atoms with Gasteiger partial charge in [-0.05, 0) is 70.8 Å². The number of halogens is 1. The predicted molar refractivity (Wildman–Crippen MR) is 147 cm³/mol. The van der Waals surface area contributed by atoms with Crippen molar-refractivity contribution in [1.29, 1.82) is 0 Å².